The molecule has 0 fully saturated rings. The molecule has 0 aromatic carbocycles. The van der Waals surface area contributed by atoms with E-state index in [0.717, 1.165) is 5.92 Å². The van der Waals surface area contributed by atoms with Gasteiger partial charge in [0.1, 0.15) is 0 Å². The molecule has 15 heavy (non-hydrogen) atoms. The maximum absolute atomic E-state index is 3.42. The lowest BCUT2D eigenvalue weighted by Crippen LogP contribution is -2.44. The zero-order chi connectivity index (χ0) is 12.1. The second-order valence-corrected chi connectivity index (χ2v) is 5.38. The van der Waals surface area contributed by atoms with Crippen LogP contribution in [0.2, 0.25) is 0 Å². The van der Waals surface area contributed by atoms with Crippen LogP contribution in [-0.4, -0.2) is 37.1 Å². The summed E-state index contributed by atoms with van der Waals surface area (Å²) < 4.78 is 0. The molecule has 2 unspecified atom stereocenters. The molecule has 0 rings (SSSR count). The molecule has 0 saturated heterocycles. The van der Waals surface area contributed by atoms with Gasteiger partial charge in [0.15, 0.2) is 0 Å². The summed E-state index contributed by atoms with van der Waals surface area (Å²) in [6.07, 6.45) is 2.40. The summed E-state index contributed by atoms with van der Waals surface area (Å²) in [5.41, 5.74) is 0.297. The second-order valence-electron chi connectivity index (χ2n) is 5.38. The van der Waals surface area contributed by atoms with Gasteiger partial charge in [-0.05, 0) is 53.2 Å². The molecular weight excluding hydrogens is 184 g/mol. The number of nitrogens with one attached hydrogen (secondary N) is 1. The fourth-order valence-electron chi connectivity index (χ4n) is 1.61. The zero-order valence-corrected chi connectivity index (χ0v) is 11.7. The number of rotatable bonds is 7. The molecule has 0 saturated carbocycles. The van der Waals surface area contributed by atoms with Gasteiger partial charge in [0.2, 0.25) is 0 Å². The van der Waals surface area contributed by atoms with E-state index in [-0.39, 0.29) is 0 Å². The van der Waals surface area contributed by atoms with Crippen LogP contribution in [0.1, 0.15) is 47.5 Å². The maximum atomic E-state index is 3.42. The first-order chi connectivity index (χ1) is 6.86. The van der Waals surface area contributed by atoms with Crippen molar-refractivity contribution < 1.29 is 0 Å². The van der Waals surface area contributed by atoms with Gasteiger partial charge in [0, 0.05) is 11.6 Å². The van der Waals surface area contributed by atoms with Gasteiger partial charge in [-0.3, -0.25) is 0 Å². The SMILES string of the molecule is CCC(C)(CCN(C)C(C)C(C)C)NC. The third-order valence-corrected chi connectivity index (χ3v) is 4.06. The van der Waals surface area contributed by atoms with E-state index < -0.39 is 0 Å². The predicted octanol–water partition coefficient (Wildman–Crippen LogP) is 2.74. The first-order valence-electron chi connectivity index (χ1n) is 6.25. The highest BCUT2D eigenvalue weighted by Gasteiger charge is 2.21. The van der Waals surface area contributed by atoms with Crippen molar-refractivity contribution in [1.29, 1.82) is 0 Å². The molecule has 0 bridgehead atoms. The Morgan fingerprint density at radius 1 is 1.27 bits per heavy atom. The molecule has 2 heteroatoms. The van der Waals surface area contributed by atoms with Gasteiger partial charge in [-0.25, -0.2) is 0 Å². The van der Waals surface area contributed by atoms with Crippen LogP contribution in [0.25, 0.3) is 0 Å². The molecule has 0 aliphatic rings. The van der Waals surface area contributed by atoms with Crippen molar-refractivity contribution in [1.82, 2.24) is 10.2 Å². The molecule has 1 N–H and O–H groups in total. The van der Waals surface area contributed by atoms with Gasteiger partial charge in [-0.2, -0.15) is 0 Å². The summed E-state index contributed by atoms with van der Waals surface area (Å²) in [6, 6.07) is 0.669. The van der Waals surface area contributed by atoms with Crippen LogP contribution < -0.4 is 5.32 Å². The van der Waals surface area contributed by atoms with Gasteiger partial charge in [0.25, 0.3) is 0 Å². The highest BCUT2D eigenvalue weighted by Crippen LogP contribution is 2.16. The van der Waals surface area contributed by atoms with Crippen molar-refractivity contribution in [3.63, 3.8) is 0 Å². The van der Waals surface area contributed by atoms with Crippen LogP contribution in [0.5, 0.6) is 0 Å². The highest BCUT2D eigenvalue weighted by molar-refractivity contribution is 4.81. The molecule has 0 aliphatic carbocycles. The number of hydrogen-bond donors (Lipinski definition) is 1. The van der Waals surface area contributed by atoms with Crippen molar-refractivity contribution in [3.05, 3.63) is 0 Å². The molecule has 2 atom stereocenters. The second kappa shape index (κ2) is 6.49. The Morgan fingerprint density at radius 2 is 1.80 bits per heavy atom. The summed E-state index contributed by atoms with van der Waals surface area (Å²) in [7, 11) is 4.30. The minimum absolute atomic E-state index is 0.297. The van der Waals surface area contributed by atoms with Crippen molar-refractivity contribution >= 4 is 0 Å². The minimum Gasteiger partial charge on any atom is -0.314 e. The van der Waals surface area contributed by atoms with Crippen molar-refractivity contribution in [2.24, 2.45) is 5.92 Å². The third kappa shape index (κ3) is 4.98. The summed E-state index contributed by atoms with van der Waals surface area (Å²) in [5, 5.41) is 3.42. The van der Waals surface area contributed by atoms with E-state index in [0.29, 0.717) is 11.6 Å². The maximum Gasteiger partial charge on any atom is 0.0159 e. The molecule has 0 heterocycles. The Morgan fingerprint density at radius 3 is 2.13 bits per heavy atom. The average Bonchev–Trinajstić information content (AvgIpc) is 2.24. The first-order valence-corrected chi connectivity index (χ1v) is 6.25. The van der Waals surface area contributed by atoms with Crippen LogP contribution in [0.15, 0.2) is 0 Å². The Balaban J connectivity index is 4.04. The largest absolute Gasteiger partial charge is 0.314 e. The van der Waals surface area contributed by atoms with Crippen LogP contribution in [0.4, 0.5) is 0 Å². The van der Waals surface area contributed by atoms with Gasteiger partial charge in [-0.1, -0.05) is 20.8 Å². The predicted molar refractivity (Wildman–Crippen MR) is 69.3 cm³/mol. The Hall–Kier alpha value is -0.0800. The van der Waals surface area contributed by atoms with E-state index in [9.17, 15) is 0 Å². The van der Waals surface area contributed by atoms with E-state index in [4.69, 9.17) is 0 Å². The normalized spacial score (nSPS) is 18.2. The van der Waals surface area contributed by atoms with Crippen LogP contribution in [0, 0.1) is 5.92 Å². The fraction of sp³-hybridized carbons (Fsp3) is 1.00. The molecule has 0 aromatic rings. The van der Waals surface area contributed by atoms with E-state index in [1.54, 1.807) is 0 Å². The standard InChI is InChI=1S/C13H30N2/c1-8-13(5,14-6)9-10-15(7)12(4)11(2)3/h11-12,14H,8-10H2,1-7H3. The van der Waals surface area contributed by atoms with Crippen LogP contribution >= 0.6 is 0 Å². The summed E-state index contributed by atoms with van der Waals surface area (Å²) in [5.74, 6) is 0.734. The molecule has 0 aromatic heterocycles. The zero-order valence-electron chi connectivity index (χ0n) is 11.7. The van der Waals surface area contributed by atoms with Crippen LogP contribution in [0.3, 0.4) is 0 Å². The van der Waals surface area contributed by atoms with E-state index in [2.05, 4.69) is 58.9 Å². The minimum atomic E-state index is 0.297. The summed E-state index contributed by atoms with van der Waals surface area (Å²) >= 11 is 0. The molecular formula is C13H30N2. The molecule has 0 spiro atoms. The lowest BCUT2D eigenvalue weighted by atomic mass is 9.94. The average molecular weight is 214 g/mol. The van der Waals surface area contributed by atoms with Crippen molar-refractivity contribution in [2.75, 3.05) is 20.6 Å². The number of hydrogen-bond acceptors (Lipinski definition) is 2. The van der Waals surface area contributed by atoms with E-state index >= 15 is 0 Å². The third-order valence-electron chi connectivity index (χ3n) is 4.06. The Labute approximate surface area is 96.4 Å². The summed E-state index contributed by atoms with van der Waals surface area (Å²) in [6.45, 7) is 12.6. The molecule has 92 valence electrons. The molecule has 2 nitrogen and oxygen atoms in total. The summed E-state index contributed by atoms with van der Waals surface area (Å²) in [4.78, 5) is 2.47. The van der Waals surface area contributed by atoms with Gasteiger partial charge in [0.05, 0.1) is 0 Å². The highest BCUT2D eigenvalue weighted by atomic mass is 15.1. The Kier molecular flexibility index (Phi) is 6.46. The van der Waals surface area contributed by atoms with Crippen molar-refractivity contribution in [3.8, 4) is 0 Å². The first kappa shape index (κ1) is 14.9. The van der Waals surface area contributed by atoms with Gasteiger partial charge >= 0.3 is 0 Å². The van der Waals surface area contributed by atoms with Gasteiger partial charge in [-0.15, -0.1) is 0 Å². The smallest absolute Gasteiger partial charge is 0.0159 e. The topological polar surface area (TPSA) is 15.3 Å². The lowest BCUT2D eigenvalue weighted by Gasteiger charge is -2.33. The van der Waals surface area contributed by atoms with E-state index in [1.807, 2.05) is 0 Å². The molecule has 0 aliphatic heterocycles. The molecule has 0 amide bonds. The van der Waals surface area contributed by atoms with E-state index in [1.165, 1.54) is 19.4 Å². The van der Waals surface area contributed by atoms with Gasteiger partial charge < -0.3 is 10.2 Å². The fourth-order valence-corrected chi connectivity index (χ4v) is 1.61. The quantitative estimate of drug-likeness (QED) is 0.701. The molecule has 0 radical (unpaired) electrons. The monoisotopic (exact) mass is 214 g/mol. The van der Waals surface area contributed by atoms with Crippen molar-refractivity contribution in [2.45, 2.75) is 59.0 Å². The Bertz CT molecular complexity index is 162. The van der Waals surface area contributed by atoms with Crippen LogP contribution in [-0.2, 0) is 0 Å². The number of nitrogens with zero attached hydrogens (tertiary/aromatic N) is 1. The lowest BCUT2D eigenvalue weighted by molar-refractivity contribution is 0.182.